The number of aromatic hydroxyl groups is 1. The first kappa shape index (κ1) is 21.1. The van der Waals surface area contributed by atoms with Gasteiger partial charge in [-0.1, -0.05) is 12.1 Å². The van der Waals surface area contributed by atoms with E-state index in [1.54, 1.807) is 43.3 Å². The van der Waals surface area contributed by atoms with Crippen LogP contribution >= 0.6 is 0 Å². The van der Waals surface area contributed by atoms with Gasteiger partial charge in [-0.3, -0.25) is 14.5 Å². The van der Waals surface area contributed by atoms with E-state index >= 15 is 0 Å². The smallest absolute Gasteiger partial charge is 0.300 e. The second-order valence-electron chi connectivity index (χ2n) is 7.42. The molecule has 32 heavy (non-hydrogen) atoms. The molecule has 1 saturated heterocycles. The molecule has 162 valence electrons. The third kappa shape index (κ3) is 3.58. The number of phenolic OH excluding ortho intramolecular Hbond substituents is 1. The van der Waals surface area contributed by atoms with Gasteiger partial charge in [0, 0.05) is 11.3 Å². The average molecular weight is 433 g/mol. The fourth-order valence-electron chi connectivity index (χ4n) is 3.76. The van der Waals surface area contributed by atoms with Crippen molar-refractivity contribution < 1.29 is 28.9 Å². The minimum atomic E-state index is -0.950. The van der Waals surface area contributed by atoms with Gasteiger partial charge < -0.3 is 14.9 Å². The van der Waals surface area contributed by atoms with Gasteiger partial charge in [0.15, 0.2) is 0 Å². The number of rotatable bonds is 4. The normalized spacial score (nSPS) is 17.6. The number of methoxy groups -OCH3 is 1. The Bertz CT molecular complexity index is 1230. The van der Waals surface area contributed by atoms with Gasteiger partial charge in [-0.15, -0.1) is 0 Å². The minimum absolute atomic E-state index is 0.0179. The number of carbonyl (C=O) groups is 2. The summed E-state index contributed by atoms with van der Waals surface area (Å²) in [6.07, 6.45) is 0. The number of phenols is 1. The molecule has 1 fully saturated rings. The summed E-state index contributed by atoms with van der Waals surface area (Å²) in [4.78, 5) is 27.4. The summed E-state index contributed by atoms with van der Waals surface area (Å²) >= 11 is 0. The number of benzene rings is 3. The van der Waals surface area contributed by atoms with Crippen molar-refractivity contribution in [1.29, 1.82) is 0 Å². The molecule has 1 amide bonds. The molecule has 3 aromatic carbocycles. The number of aliphatic hydroxyl groups is 1. The van der Waals surface area contributed by atoms with Crippen LogP contribution in [0, 0.1) is 12.7 Å². The van der Waals surface area contributed by atoms with Crippen LogP contribution in [-0.2, 0) is 9.59 Å². The zero-order chi connectivity index (χ0) is 23.0. The molecule has 0 aliphatic carbocycles. The van der Waals surface area contributed by atoms with Crippen LogP contribution in [0.1, 0.15) is 22.7 Å². The molecule has 0 spiro atoms. The van der Waals surface area contributed by atoms with E-state index in [2.05, 4.69) is 0 Å². The van der Waals surface area contributed by atoms with Crippen molar-refractivity contribution in [3.05, 3.63) is 94.8 Å². The van der Waals surface area contributed by atoms with E-state index in [0.717, 1.165) is 0 Å². The standard InChI is InChI=1S/C25H20FNO5/c1-14-13-16(5-12-20(14)26)23(29)21-22(15-3-8-18(28)9-4-15)27(25(31)24(21)30)17-6-10-19(32-2)11-7-17/h3-13,22,28-29H,1-2H3/b23-21-. The highest BCUT2D eigenvalue weighted by Gasteiger charge is 2.47. The number of ether oxygens (including phenoxy) is 1. The molecular weight excluding hydrogens is 413 g/mol. The maximum Gasteiger partial charge on any atom is 0.300 e. The van der Waals surface area contributed by atoms with Crippen molar-refractivity contribution in [2.75, 3.05) is 12.0 Å². The SMILES string of the molecule is COc1ccc(N2C(=O)C(=O)/C(=C(\O)c3ccc(F)c(C)c3)C2c2ccc(O)cc2)cc1. The van der Waals surface area contributed by atoms with Crippen LogP contribution in [0.3, 0.4) is 0 Å². The zero-order valence-electron chi connectivity index (χ0n) is 17.4. The van der Waals surface area contributed by atoms with E-state index in [1.165, 1.54) is 42.3 Å². The van der Waals surface area contributed by atoms with Gasteiger partial charge in [0.25, 0.3) is 11.7 Å². The van der Waals surface area contributed by atoms with Gasteiger partial charge in [0.2, 0.25) is 0 Å². The van der Waals surface area contributed by atoms with Crippen molar-refractivity contribution in [1.82, 2.24) is 0 Å². The highest BCUT2D eigenvalue weighted by atomic mass is 19.1. The molecule has 0 bridgehead atoms. The molecule has 2 N–H and O–H groups in total. The number of anilines is 1. The second kappa shape index (κ2) is 8.19. The van der Waals surface area contributed by atoms with Crippen LogP contribution in [0.5, 0.6) is 11.5 Å². The second-order valence-corrected chi connectivity index (χ2v) is 7.42. The van der Waals surface area contributed by atoms with Crippen molar-refractivity contribution in [3.8, 4) is 11.5 Å². The molecule has 0 radical (unpaired) electrons. The van der Waals surface area contributed by atoms with Crippen LogP contribution in [0.4, 0.5) is 10.1 Å². The number of halogens is 1. The number of ketones is 1. The minimum Gasteiger partial charge on any atom is -0.508 e. The summed E-state index contributed by atoms with van der Waals surface area (Å²) in [5.74, 6) is -1.93. The number of hydrogen-bond acceptors (Lipinski definition) is 5. The maximum absolute atomic E-state index is 13.7. The third-order valence-electron chi connectivity index (χ3n) is 5.44. The average Bonchev–Trinajstić information content (AvgIpc) is 3.06. The first-order chi connectivity index (χ1) is 15.3. The molecule has 0 aromatic heterocycles. The van der Waals surface area contributed by atoms with Crippen molar-refractivity contribution in [2.24, 2.45) is 0 Å². The summed E-state index contributed by atoms with van der Waals surface area (Å²) in [6, 6.07) is 15.6. The van der Waals surface area contributed by atoms with E-state index in [1.807, 2.05) is 0 Å². The summed E-state index contributed by atoms with van der Waals surface area (Å²) in [5, 5.41) is 20.7. The van der Waals surface area contributed by atoms with E-state index in [0.29, 0.717) is 22.6 Å². The predicted octanol–water partition coefficient (Wildman–Crippen LogP) is 4.47. The van der Waals surface area contributed by atoms with E-state index in [9.17, 15) is 24.2 Å². The molecule has 0 saturated carbocycles. The van der Waals surface area contributed by atoms with Gasteiger partial charge >= 0.3 is 0 Å². The van der Waals surface area contributed by atoms with Crippen LogP contribution in [0.2, 0.25) is 0 Å². The number of aryl methyl sites for hydroxylation is 1. The Morgan fingerprint density at radius 2 is 1.66 bits per heavy atom. The van der Waals surface area contributed by atoms with E-state index in [4.69, 9.17) is 4.74 Å². The van der Waals surface area contributed by atoms with Gasteiger partial charge in [-0.05, 0) is 72.6 Å². The predicted molar refractivity (Wildman–Crippen MR) is 117 cm³/mol. The lowest BCUT2D eigenvalue weighted by Gasteiger charge is -2.25. The Labute approximate surface area is 183 Å². The first-order valence-corrected chi connectivity index (χ1v) is 9.82. The lowest BCUT2D eigenvalue weighted by Crippen LogP contribution is -2.29. The molecule has 6 nitrogen and oxygen atoms in total. The van der Waals surface area contributed by atoms with Crippen LogP contribution in [0.25, 0.3) is 5.76 Å². The largest absolute Gasteiger partial charge is 0.508 e. The summed E-state index contributed by atoms with van der Waals surface area (Å²) in [7, 11) is 1.52. The molecule has 1 aliphatic rings. The Morgan fingerprint density at radius 3 is 2.25 bits per heavy atom. The van der Waals surface area contributed by atoms with E-state index < -0.39 is 29.3 Å². The van der Waals surface area contributed by atoms with Crippen LogP contribution in [0.15, 0.2) is 72.3 Å². The number of carbonyl (C=O) groups excluding carboxylic acids is 2. The lowest BCUT2D eigenvalue weighted by molar-refractivity contribution is -0.132. The van der Waals surface area contributed by atoms with Crippen molar-refractivity contribution in [3.63, 3.8) is 0 Å². The number of amides is 1. The van der Waals surface area contributed by atoms with Gasteiger partial charge in [0.1, 0.15) is 23.1 Å². The Balaban J connectivity index is 1.92. The Kier molecular flexibility index (Phi) is 5.40. The fraction of sp³-hybridized carbons (Fsp3) is 0.120. The number of nitrogens with zero attached hydrogens (tertiary/aromatic N) is 1. The molecular formula is C25H20FNO5. The number of Topliss-reactive ketones (excluding diaryl/α,β-unsaturated/α-hetero) is 1. The highest BCUT2D eigenvalue weighted by molar-refractivity contribution is 6.51. The molecule has 3 aromatic rings. The third-order valence-corrected chi connectivity index (χ3v) is 5.44. The van der Waals surface area contributed by atoms with Crippen molar-refractivity contribution in [2.45, 2.75) is 13.0 Å². The zero-order valence-corrected chi connectivity index (χ0v) is 17.4. The molecule has 7 heteroatoms. The fourth-order valence-corrected chi connectivity index (χ4v) is 3.76. The van der Waals surface area contributed by atoms with E-state index in [-0.39, 0.29) is 16.9 Å². The van der Waals surface area contributed by atoms with Gasteiger partial charge in [-0.2, -0.15) is 0 Å². The molecule has 4 rings (SSSR count). The monoisotopic (exact) mass is 433 g/mol. The van der Waals surface area contributed by atoms with Gasteiger partial charge in [-0.25, -0.2) is 4.39 Å². The number of aliphatic hydroxyl groups excluding tert-OH is 1. The molecule has 1 heterocycles. The maximum atomic E-state index is 13.7. The topological polar surface area (TPSA) is 87.1 Å². The Hall–Kier alpha value is -4.13. The summed E-state index contributed by atoms with van der Waals surface area (Å²) in [6.45, 7) is 1.54. The molecule has 1 aliphatic heterocycles. The molecule has 1 unspecified atom stereocenters. The Morgan fingerprint density at radius 1 is 1.00 bits per heavy atom. The summed E-state index contributed by atoms with van der Waals surface area (Å²) in [5.41, 5.74) is 1.33. The lowest BCUT2D eigenvalue weighted by atomic mass is 9.94. The highest BCUT2D eigenvalue weighted by Crippen LogP contribution is 2.42. The van der Waals surface area contributed by atoms with Crippen molar-refractivity contribution >= 4 is 23.1 Å². The van der Waals surface area contributed by atoms with Gasteiger partial charge in [0.05, 0.1) is 18.7 Å². The summed E-state index contributed by atoms with van der Waals surface area (Å²) < 4.78 is 18.9. The van der Waals surface area contributed by atoms with Crippen LogP contribution in [-0.4, -0.2) is 29.0 Å². The van der Waals surface area contributed by atoms with Crippen LogP contribution < -0.4 is 9.64 Å². The number of hydrogen-bond donors (Lipinski definition) is 2. The quantitative estimate of drug-likeness (QED) is 0.360. The first-order valence-electron chi connectivity index (χ1n) is 9.82. The molecule has 1 atom stereocenters.